The molecule has 1 aliphatic heterocycles. The lowest BCUT2D eigenvalue weighted by Crippen LogP contribution is -2.39. The van der Waals surface area contributed by atoms with Crippen molar-refractivity contribution in [3.05, 3.63) is 64.9 Å². The summed E-state index contributed by atoms with van der Waals surface area (Å²) < 4.78 is 0. The molecule has 0 aliphatic carbocycles. The van der Waals surface area contributed by atoms with Gasteiger partial charge in [-0.1, -0.05) is 29.8 Å². The Labute approximate surface area is 147 Å². The summed E-state index contributed by atoms with van der Waals surface area (Å²) in [6.45, 7) is 1.58. The van der Waals surface area contributed by atoms with Crippen molar-refractivity contribution in [3.8, 4) is 0 Å². The molecule has 0 saturated carbocycles. The van der Waals surface area contributed by atoms with Gasteiger partial charge in [-0.3, -0.25) is 14.7 Å². The van der Waals surface area contributed by atoms with Gasteiger partial charge in [0.25, 0.3) is 0 Å². The van der Waals surface area contributed by atoms with Crippen LogP contribution in [0.25, 0.3) is 0 Å². The molecule has 1 fully saturated rings. The Kier molecular flexibility index (Phi) is 5.48. The molecule has 3 rings (SSSR count). The number of rotatable bonds is 5. The summed E-state index contributed by atoms with van der Waals surface area (Å²) >= 11 is 6.03. The first-order chi connectivity index (χ1) is 11.6. The van der Waals surface area contributed by atoms with E-state index in [0.29, 0.717) is 12.8 Å². The molecule has 2 aromatic rings. The van der Waals surface area contributed by atoms with Gasteiger partial charge in [0.1, 0.15) is 0 Å². The number of hydrogen-bond acceptors (Lipinski definition) is 3. The van der Waals surface area contributed by atoms with E-state index in [0.717, 1.165) is 30.2 Å². The summed E-state index contributed by atoms with van der Waals surface area (Å²) in [6.07, 6.45) is 4.01. The molecule has 4 nitrogen and oxygen atoms in total. The van der Waals surface area contributed by atoms with E-state index in [9.17, 15) is 9.90 Å². The van der Waals surface area contributed by atoms with Crippen molar-refractivity contribution in [2.45, 2.75) is 25.3 Å². The third-order valence-electron chi connectivity index (χ3n) is 4.70. The van der Waals surface area contributed by atoms with Gasteiger partial charge >= 0.3 is 5.97 Å². The van der Waals surface area contributed by atoms with Crippen molar-refractivity contribution >= 4 is 17.6 Å². The zero-order valence-electron chi connectivity index (χ0n) is 13.4. The van der Waals surface area contributed by atoms with Crippen LogP contribution in [0, 0.1) is 5.92 Å². The van der Waals surface area contributed by atoms with Crippen LogP contribution in [-0.2, 0) is 11.2 Å². The number of carboxylic acid groups (broad SMARTS) is 1. The molecule has 1 N–H and O–H groups in total. The molecular weight excluding hydrogens is 324 g/mol. The SMILES string of the molecule is O=C(O)C1CCN(C(Cc2ccccn2)c2ccc(Cl)cc2)CC1. The van der Waals surface area contributed by atoms with Crippen molar-refractivity contribution in [1.82, 2.24) is 9.88 Å². The molecule has 0 radical (unpaired) electrons. The van der Waals surface area contributed by atoms with Crippen LogP contribution in [0.3, 0.4) is 0 Å². The number of piperidine rings is 1. The van der Waals surface area contributed by atoms with Crippen molar-refractivity contribution in [2.75, 3.05) is 13.1 Å². The normalized spacial score (nSPS) is 17.5. The van der Waals surface area contributed by atoms with E-state index in [2.05, 4.69) is 22.0 Å². The lowest BCUT2D eigenvalue weighted by atomic mass is 9.92. The van der Waals surface area contributed by atoms with Gasteiger partial charge in [0, 0.05) is 29.4 Å². The Morgan fingerprint density at radius 1 is 1.21 bits per heavy atom. The number of carbonyl (C=O) groups is 1. The van der Waals surface area contributed by atoms with E-state index in [4.69, 9.17) is 11.6 Å². The Morgan fingerprint density at radius 3 is 2.50 bits per heavy atom. The van der Waals surface area contributed by atoms with Gasteiger partial charge in [-0.2, -0.15) is 0 Å². The quantitative estimate of drug-likeness (QED) is 0.896. The number of pyridine rings is 1. The minimum atomic E-state index is -0.678. The van der Waals surface area contributed by atoms with E-state index in [1.165, 1.54) is 5.56 Å². The zero-order valence-corrected chi connectivity index (χ0v) is 14.2. The van der Waals surface area contributed by atoms with Crippen molar-refractivity contribution in [1.29, 1.82) is 0 Å². The van der Waals surface area contributed by atoms with Crippen LogP contribution in [0.4, 0.5) is 0 Å². The first kappa shape index (κ1) is 16.9. The van der Waals surface area contributed by atoms with Crippen molar-refractivity contribution in [2.24, 2.45) is 5.92 Å². The molecule has 2 heterocycles. The van der Waals surface area contributed by atoms with Gasteiger partial charge < -0.3 is 5.11 Å². The maximum Gasteiger partial charge on any atom is 0.306 e. The highest BCUT2D eigenvalue weighted by Crippen LogP contribution is 2.30. The van der Waals surface area contributed by atoms with Gasteiger partial charge in [-0.25, -0.2) is 0 Å². The molecule has 1 aromatic heterocycles. The number of aromatic nitrogens is 1. The Hall–Kier alpha value is -1.91. The number of aliphatic carboxylic acids is 1. The highest BCUT2D eigenvalue weighted by molar-refractivity contribution is 6.30. The smallest absolute Gasteiger partial charge is 0.306 e. The number of nitrogens with zero attached hydrogens (tertiary/aromatic N) is 2. The van der Waals surface area contributed by atoms with Crippen LogP contribution in [0.1, 0.15) is 30.1 Å². The molecule has 24 heavy (non-hydrogen) atoms. The Balaban J connectivity index is 1.79. The largest absolute Gasteiger partial charge is 0.481 e. The molecule has 0 spiro atoms. The second-order valence-corrected chi connectivity index (χ2v) is 6.68. The standard InChI is InChI=1S/C19H21ClN2O2/c20-16-6-4-14(5-7-16)18(13-17-3-1-2-10-21-17)22-11-8-15(9-12-22)19(23)24/h1-7,10,15,18H,8-9,11-13H2,(H,23,24). The fourth-order valence-corrected chi connectivity index (χ4v) is 3.44. The maximum absolute atomic E-state index is 11.2. The Bertz CT molecular complexity index is 668. The van der Waals surface area contributed by atoms with Crippen LogP contribution in [0.2, 0.25) is 5.02 Å². The molecular formula is C19H21ClN2O2. The Morgan fingerprint density at radius 2 is 1.92 bits per heavy atom. The molecule has 0 amide bonds. The minimum Gasteiger partial charge on any atom is -0.481 e. The summed E-state index contributed by atoms with van der Waals surface area (Å²) in [7, 11) is 0. The molecule has 5 heteroatoms. The lowest BCUT2D eigenvalue weighted by molar-refractivity contribution is -0.143. The predicted molar refractivity (Wildman–Crippen MR) is 94.1 cm³/mol. The second-order valence-electron chi connectivity index (χ2n) is 6.24. The van der Waals surface area contributed by atoms with Crippen molar-refractivity contribution in [3.63, 3.8) is 0 Å². The summed E-state index contributed by atoms with van der Waals surface area (Å²) in [5, 5.41) is 9.92. The lowest BCUT2D eigenvalue weighted by Gasteiger charge is -2.36. The molecule has 126 valence electrons. The van der Waals surface area contributed by atoms with Crippen molar-refractivity contribution < 1.29 is 9.90 Å². The van der Waals surface area contributed by atoms with Gasteiger partial charge in [-0.15, -0.1) is 0 Å². The molecule has 1 aromatic carbocycles. The minimum absolute atomic E-state index is 0.187. The number of likely N-dealkylation sites (tertiary alicyclic amines) is 1. The number of carboxylic acids is 1. The third kappa shape index (κ3) is 4.13. The van der Waals surface area contributed by atoms with Crippen LogP contribution in [-0.4, -0.2) is 34.0 Å². The van der Waals surface area contributed by atoms with Crippen LogP contribution in [0.15, 0.2) is 48.7 Å². The molecule has 1 atom stereocenters. The number of halogens is 1. The van der Waals surface area contributed by atoms with Gasteiger partial charge in [-0.05, 0) is 55.8 Å². The first-order valence-electron chi connectivity index (χ1n) is 8.25. The molecule has 1 aliphatic rings. The van der Waals surface area contributed by atoms with Gasteiger partial charge in [0.05, 0.1) is 5.92 Å². The summed E-state index contributed by atoms with van der Waals surface area (Å²) in [4.78, 5) is 18.0. The highest BCUT2D eigenvalue weighted by atomic mass is 35.5. The fourth-order valence-electron chi connectivity index (χ4n) is 3.32. The average Bonchev–Trinajstić information content (AvgIpc) is 2.62. The first-order valence-corrected chi connectivity index (χ1v) is 8.63. The monoisotopic (exact) mass is 344 g/mol. The maximum atomic E-state index is 11.2. The van der Waals surface area contributed by atoms with Crippen LogP contribution >= 0.6 is 11.6 Å². The predicted octanol–water partition coefficient (Wildman–Crippen LogP) is 3.82. The van der Waals surface area contributed by atoms with E-state index in [1.54, 1.807) is 0 Å². The van der Waals surface area contributed by atoms with E-state index in [-0.39, 0.29) is 12.0 Å². The number of benzene rings is 1. The molecule has 1 saturated heterocycles. The molecule has 1 unspecified atom stereocenters. The average molecular weight is 345 g/mol. The van der Waals surface area contributed by atoms with E-state index < -0.39 is 5.97 Å². The third-order valence-corrected chi connectivity index (χ3v) is 4.95. The number of hydrogen-bond donors (Lipinski definition) is 1. The highest BCUT2D eigenvalue weighted by Gasteiger charge is 2.29. The fraction of sp³-hybridized carbons (Fsp3) is 0.368. The second kappa shape index (κ2) is 7.77. The summed E-state index contributed by atoms with van der Waals surface area (Å²) in [5.41, 5.74) is 2.23. The van der Waals surface area contributed by atoms with Gasteiger partial charge in [0.2, 0.25) is 0 Å². The van der Waals surface area contributed by atoms with E-state index >= 15 is 0 Å². The summed E-state index contributed by atoms with van der Waals surface area (Å²) in [6, 6.07) is 14.1. The zero-order chi connectivity index (χ0) is 16.9. The van der Waals surface area contributed by atoms with Crippen LogP contribution in [0.5, 0.6) is 0 Å². The van der Waals surface area contributed by atoms with Gasteiger partial charge in [0.15, 0.2) is 0 Å². The van der Waals surface area contributed by atoms with E-state index in [1.807, 2.05) is 36.5 Å². The topological polar surface area (TPSA) is 53.4 Å². The van der Waals surface area contributed by atoms with Crippen LogP contribution < -0.4 is 0 Å². The summed E-state index contributed by atoms with van der Waals surface area (Å²) in [5.74, 6) is -0.899. The molecule has 0 bridgehead atoms.